The number of nitrogens with one attached hydrogen (secondary N) is 1. The molecule has 0 atom stereocenters. The number of ether oxygens (including phenoxy) is 1. The van der Waals surface area contributed by atoms with E-state index in [0.29, 0.717) is 12.2 Å². The molecule has 2 heterocycles. The summed E-state index contributed by atoms with van der Waals surface area (Å²) < 4.78 is 5.27. The van der Waals surface area contributed by atoms with E-state index in [2.05, 4.69) is 29.1 Å². The van der Waals surface area contributed by atoms with Crippen LogP contribution < -0.4 is 4.74 Å². The number of rotatable bonds is 3. The van der Waals surface area contributed by atoms with Crippen molar-refractivity contribution in [2.75, 3.05) is 27.2 Å². The Morgan fingerprint density at radius 3 is 2.40 bits per heavy atom. The molecular weight excluding hydrogens is 324 g/mol. The highest BCUT2D eigenvalue weighted by atomic mass is 16.5. The van der Waals surface area contributed by atoms with Gasteiger partial charge in [-0.05, 0) is 31.2 Å². The predicted molar refractivity (Wildman–Crippen MR) is 94.2 cm³/mol. The van der Waals surface area contributed by atoms with Crippen molar-refractivity contribution in [3.63, 3.8) is 0 Å². The van der Waals surface area contributed by atoms with Crippen LogP contribution in [0.1, 0.15) is 11.3 Å². The number of carbonyl (C=O) groups is 2. The molecule has 25 heavy (non-hydrogen) atoms. The van der Waals surface area contributed by atoms with Crippen molar-refractivity contribution in [3.8, 4) is 5.75 Å². The Kier molecular flexibility index (Phi) is 6.19. The van der Waals surface area contributed by atoms with Crippen molar-refractivity contribution in [3.05, 3.63) is 41.6 Å². The zero-order valence-electron chi connectivity index (χ0n) is 14.3. The van der Waals surface area contributed by atoms with Gasteiger partial charge < -0.3 is 24.8 Å². The van der Waals surface area contributed by atoms with Crippen molar-refractivity contribution >= 4 is 22.8 Å². The van der Waals surface area contributed by atoms with Crippen LogP contribution >= 0.6 is 0 Å². The van der Waals surface area contributed by atoms with Gasteiger partial charge in [0, 0.05) is 54.3 Å². The van der Waals surface area contributed by atoms with E-state index in [1.165, 1.54) is 22.2 Å². The van der Waals surface area contributed by atoms with Gasteiger partial charge in [0.25, 0.3) is 0 Å². The Morgan fingerprint density at radius 1 is 1.16 bits per heavy atom. The van der Waals surface area contributed by atoms with Gasteiger partial charge in [0.2, 0.25) is 0 Å². The quantitative estimate of drug-likeness (QED) is 0.734. The molecule has 0 spiro atoms. The monoisotopic (exact) mass is 346 g/mol. The van der Waals surface area contributed by atoms with E-state index in [9.17, 15) is 9.59 Å². The summed E-state index contributed by atoms with van der Waals surface area (Å²) in [7, 11) is 3.90. The third-order valence-corrected chi connectivity index (χ3v) is 4.06. The molecule has 3 N–H and O–H groups in total. The number of hydrogen-bond donors (Lipinski definition) is 3. The molecule has 0 aliphatic carbocycles. The van der Waals surface area contributed by atoms with Crippen molar-refractivity contribution in [1.29, 1.82) is 0 Å². The van der Waals surface area contributed by atoms with Gasteiger partial charge in [0.15, 0.2) is 0 Å². The number of aromatic nitrogens is 1. The lowest BCUT2D eigenvalue weighted by molar-refractivity contribution is -0.134. The van der Waals surface area contributed by atoms with E-state index in [1.807, 2.05) is 6.07 Å². The number of aliphatic carboxylic acids is 2. The summed E-state index contributed by atoms with van der Waals surface area (Å²) in [6, 6.07) is 6.31. The maximum atomic E-state index is 9.55. The van der Waals surface area contributed by atoms with Crippen molar-refractivity contribution in [2.45, 2.75) is 12.8 Å². The summed E-state index contributed by atoms with van der Waals surface area (Å²) in [5, 5.41) is 17.0. The highest BCUT2D eigenvalue weighted by Crippen LogP contribution is 2.28. The van der Waals surface area contributed by atoms with Crippen LogP contribution in [0.2, 0.25) is 0 Å². The number of carboxylic acids is 2. The molecule has 2 aromatic rings. The van der Waals surface area contributed by atoms with Crippen LogP contribution in [0.4, 0.5) is 0 Å². The number of aromatic amines is 1. The molecule has 0 bridgehead atoms. The Hall–Kier alpha value is -2.80. The maximum Gasteiger partial charge on any atom is 0.328 e. The highest BCUT2D eigenvalue weighted by Gasteiger charge is 2.16. The number of H-pyrrole nitrogens is 1. The lowest BCUT2D eigenvalue weighted by atomic mass is 10.1. The van der Waals surface area contributed by atoms with E-state index in [1.54, 1.807) is 7.11 Å². The zero-order valence-corrected chi connectivity index (χ0v) is 14.3. The Morgan fingerprint density at radius 2 is 1.80 bits per heavy atom. The summed E-state index contributed by atoms with van der Waals surface area (Å²) in [6.07, 6.45) is 3.37. The molecular formula is C18H22N2O5. The van der Waals surface area contributed by atoms with Gasteiger partial charge in [0.1, 0.15) is 5.75 Å². The second kappa shape index (κ2) is 8.34. The number of nitrogens with zero attached hydrogens (tertiary/aromatic N) is 1. The van der Waals surface area contributed by atoms with Gasteiger partial charge in [-0.3, -0.25) is 0 Å². The molecule has 134 valence electrons. The van der Waals surface area contributed by atoms with Crippen LogP contribution in [-0.4, -0.2) is 59.3 Å². The molecule has 0 amide bonds. The maximum absolute atomic E-state index is 9.55. The van der Waals surface area contributed by atoms with E-state index < -0.39 is 11.9 Å². The second-order valence-electron chi connectivity index (χ2n) is 5.81. The highest BCUT2D eigenvalue weighted by molar-refractivity contribution is 5.89. The van der Waals surface area contributed by atoms with E-state index in [4.69, 9.17) is 14.9 Å². The summed E-state index contributed by atoms with van der Waals surface area (Å²) in [4.78, 5) is 25.0. The Bertz CT molecular complexity index is 778. The average Bonchev–Trinajstić information content (AvgIpc) is 2.83. The van der Waals surface area contributed by atoms with Gasteiger partial charge in [-0.1, -0.05) is 0 Å². The first kappa shape index (κ1) is 18.5. The molecule has 1 aromatic carbocycles. The molecule has 0 saturated carbocycles. The predicted octanol–water partition coefficient (Wildman–Crippen LogP) is 1.92. The fourth-order valence-corrected chi connectivity index (χ4v) is 2.78. The molecule has 0 saturated heterocycles. The standard InChI is InChI=1S/C14H18N2O.C4H4O4/c1-16-7-5-12-11-4-3-10(17-2)9-14(11)15-13(12)6-8-16;5-3(6)1-2-4(7)8/h3-4,9,15H,5-8H2,1-2H3;1-2H,(H,5,6)(H,7,8)/b;2-1+. The molecule has 1 aliphatic rings. The largest absolute Gasteiger partial charge is 0.497 e. The van der Waals surface area contributed by atoms with Gasteiger partial charge in [-0.15, -0.1) is 0 Å². The fraction of sp³-hybridized carbons (Fsp3) is 0.333. The van der Waals surface area contributed by atoms with Gasteiger partial charge >= 0.3 is 11.9 Å². The van der Waals surface area contributed by atoms with E-state index in [-0.39, 0.29) is 0 Å². The number of hydrogen-bond acceptors (Lipinski definition) is 4. The van der Waals surface area contributed by atoms with Crippen molar-refractivity contribution in [2.24, 2.45) is 0 Å². The lowest BCUT2D eigenvalue weighted by Crippen LogP contribution is -2.21. The van der Waals surface area contributed by atoms with E-state index in [0.717, 1.165) is 31.7 Å². The summed E-state index contributed by atoms with van der Waals surface area (Å²) in [5.74, 6) is -1.59. The van der Waals surface area contributed by atoms with Crippen LogP contribution in [0.3, 0.4) is 0 Å². The summed E-state index contributed by atoms with van der Waals surface area (Å²) in [6.45, 7) is 2.28. The van der Waals surface area contributed by atoms with Crippen molar-refractivity contribution in [1.82, 2.24) is 9.88 Å². The molecule has 1 aliphatic heterocycles. The molecule has 7 nitrogen and oxygen atoms in total. The lowest BCUT2D eigenvalue weighted by Gasteiger charge is -2.11. The third-order valence-electron chi connectivity index (χ3n) is 4.06. The Balaban J connectivity index is 0.000000242. The SMILES string of the molecule is COc1ccc2c3c([nH]c2c1)CCN(C)CC3.O=C(O)/C=C/C(=O)O. The summed E-state index contributed by atoms with van der Waals surface area (Å²) >= 11 is 0. The molecule has 3 rings (SSSR count). The first-order chi connectivity index (χ1) is 11.9. The second-order valence-corrected chi connectivity index (χ2v) is 5.81. The van der Waals surface area contributed by atoms with Gasteiger partial charge in [-0.25, -0.2) is 9.59 Å². The number of benzene rings is 1. The number of likely N-dealkylation sites (N-methyl/N-ethyl adjacent to an activating group) is 1. The first-order valence-corrected chi connectivity index (χ1v) is 7.90. The molecule has 0 unspecified atom stereocenters. The number of carboxylic acid groups (broad SMARTS) is 2. The molecule has 0 fully saturated rings. The zero-order chi connectivity index (χ0) is 18.4. The smallest absolute Gasteiger partial charge is 0.328 e. The molecule has 1 aromatic heterocycles. The normalized spacial score (nSPS) is 14.5. The minimum Gasteiger partial charge on any atom is -0.497 e. The molecule has 0 radical (unpaired) electrons. The topological polar surface area (TPSA) is 103 Å². The van der Waals surface area contributed by atoms with Crippen molar-refractivity contribution < 1.29 is 24.5 Å². The number of methoxy groups -OCH3 is 1. The van der Waals surface area contributed by atoms with Crippen LogP contribution in [0, 0.1) is 0 Å². The van der Waals surface area contributed by atoms with Gasteiger partial charge in [0.05, 0.1) is 7.11 Å². The van der Waals surface area contributed by atoms with Crippen LogP contribution in [-0.2, 0) is 22.4 Å². The van der Waals surface area contributed by atoms with Crippen LogP contribution in [0.5, 0.6) is 5.75 Å². The fourth-order valence-electron chi connectivity index (χ4n) is 2.78. The minimum atomic E-state index is -1.26. The average molecular weight is 346 g/mol. The number of fused-ring (bicyclic) bond motifs is 3. The van der Waals surface area contributed by atoms with E-state index >= 15 is 0 Å². The molecule has 7 heteroatoms. The van der Waals surface area contributed by atoms with Crippen LogP contribution in [0.15, 0.2) is 30.4 Å². The first-order valence-electron chi connectivity index (χ1n) is 7.90. The minimum absolute atomic E-state index is 0.558. The van der Waals surface area contributed by atoms with Crippen LogP contribution in [0.25, 0.3) is 10.9 Å². The van der Waals surface area contributed by atoms with Gasteiger partial charge in [-0.2, -0.15) is 0 Å². The third kappa shape index (κ3) is 5.09. The summed E-state index contributed by atoms with van der Waals surface area (Å²) in [5.41, 5.74) is 4.10. The Labute approximate surface area is 145 Å².